The summed E-state index contributed by atoms with van der Waals surface area (Å²) in [5, 5.41) is 24.0. The number of halogens is 6. The van der Waals surface area contributed by atoms with Gasteiger partial charge in [0.2, 0.25) is 5.41 Å². The third-order valence-corrected chi connectivity index (χ3v) is 7.98. The van der Waals surface area contributed by atoms with Crippen molar-refractivity contribution in [3.05, 3.63) is 136 Å². The fraction of sp³-hybridized carbons (Fsp3) is 0.200. The highest BCUT2D eigenvalue weighted by Gasteiger charge is 2.72. The summed E-state index contributed by atoms with van der Waals surface area (Å²) in [7, 11) is 0. The number of anilines is 1. The second-order valence-corrected chi connectivity index (χ2v) is 11.6. The molecule has 256 valence electrons. The molecule has 0 unspecified atom stereocenters. The van der Waals surface area contributed by atoms with Crippen LogP contribution in [0.15, 0.2) is 97.1 Å². The molecule has 0 fully saturated rings. The molecule has 8 nitrogen and oxygen atoms in total. The molecule has 14 heteroatoms. The lowest BCUT2D eigenvalue weighted by Gasteiger charge is -2.38. The Hall–Kier alpha value is -5.66. The molecule has 2 amide bonds. The van der Waals surface area contributed by atoms with Crippen molar-refractivity contribution in [2.75, 3.05) is 11.9 Å². The molecule has 4 aromatic rings. The van der Waals surface area contributed by atoms with E-state index in [1.807, 2.05) is 0 Å². The largest absolute Gasteiger partial charge is 0.478 e. The Morgan fingerprint density at radius 1 is 0.571 bits per heavy atom. The van der Waals surface area contributed by atoms with Crippen molar-refractivity contribution < 1.29 is 55.7 Å². The molecule has 49 heavy (non-hydrogen) atoms. The molecule has 0 saturated heterocycles. The molecule has 0 heterocycles. The van der Waals surface area contributed by atoms with Crippen LogP contribution in [0.25, 0.3) is 0 Å². The smallest absolute Gasteiger partial charge is 0.411 e. The summed E-state index contributed by atoms with van der Waals surface area (Å²) < 4.78 is 90.7. The Balaban J connectivity index is 1.92. The number of hydrogen-bond acceptors (Lipinski definition) is 4. The van der Waals surface area contributed by atoms with Crippen LogP contribution in [0.2, 0.25) is 0 Å². The van der Waals surface area contributed by atoms with E-state index in [0.717, 1.165) is 5.56 Å². The van der Waals surface area contributed by atoms with E-state index in [2.05, 4.69) is 10.6 Å². The van der Waals surface area contributed by atoms with E-state index in [4.69, 9.17) is 0 Å². The number of benzene rings is 4. The number of aromatic carboxylic acids is 2. The lowest BCUT2D eigenvalue weighted by Crippen LogP contribution is -2.55. The van der Waals surface area contributed by atoms with Crippen molar-refractivity contribution in [1.82, 2.24) is 5.32 Å². The third kappa shape index (κ3) is 7.12. The maximum atomic E-state index is 15.1. The number of alkyl halides is 6. The standard InChI is InChI=1S/C35H28F6N2O6/c1-32(2,20-9-5-3-6-10-20)19-42-28(44)26-17-21(13-15-24(26)30(46)47)33(34(36,37)38,35(39,40)41)22-14-16-25(31(48)49)27(18-22)29(45)43-23-11-7-4-8-12-23/h3-18H,19H2,1-2H3,(H,42,44)(H,43,45)(H,46,47)(H,48,49). The molecule has 0 aliphatic carbocycles. The maximum absolute atomic E-state index is 15.1. The molecule has 0 radical (unpaired) electrons. The molecule has 0 aliphatic heterocycles. The van der Waals surface area contributed by atoms with Gasteiger partial charge >= 0.3 is 24.3 Å². The molecule has 4 rings (SSSR count). The minimum atomic E-state index is -6.23. The van der Waals surface area contributed by atoms with Crippen LogP contribution in [0.3, 0.4) is 0 Å². The zero-order valence-electron chi connectivity index (χ0n) is 25.7. The number of hydrogen-bond donors (Lipinski definition) is 4. The first-order chi connectivity index (χ1) is 22.8. The van der Waals surface area contributed by atoms with Gasteiger partial charge in [-0.25, -0.2) is 9.59 Å². The van der Waals surface area contributed by atoms with Crippen molar-refractivity contribution >= 4 is 29.4 Å². The van der Waals surface area contributed by atoms with Gasteiger partial charge in [-0.1, -0.05) is 74.5 Å². The van der Waals surface area contributed by atoms with Gasteiger partial charge < -0.3 is 20.8 Å². The van der Waals surface area contributed by atoms with Crippen molar-refractivity contribution in [3.8, 4) is 0 Å². The first-order valence-electron chi connectivity index (χ1n) is 14.4. The molecular formula is C35H28F6N2O6. The van der Waals surface area contributed by atoms with Gasteiger partial charge in [0, 0.05) is 17.6 Å². The van der Waals surface area contributed by atoms with Gasteiger partial charge in [0.1, 0.15) is 0 Å². The molecule has 4 N–H and O–H groups in total. The third-order valence-electron chi connectivity index (χ3n) is 7.98. The Morgan fingerprint density at radius 3 is 1.43 bits per heavy atom. The number of carbonyl (C=O) groups excluding carboxylic acids is 2. The zero-order chi connectivity index (χ0) is 36.4. The van der Waals surface area contributed by atoms with Gasteiger partial charge in [-0.05, 0) is 53.1 Å². The fourth-order valence-corrected chi connectivity index (χ4v) is 5.39. The highest BCUT2D eigenvalue weighted by molar-refractivity contribution is 6.11. The number of carboxylic acid groups (broad SMARTS) is 2. The summed E-state index contributed by atoms with van der Waals surface area (Å²) in [5.41, 5.74) is -11.9. The average molecular weight is 687 g/mol. The summed E-state index contributed by atoms with van der Waals surface area (Å²) in [6.07, 6.45) is -12.5. The summed E-state index contributed by atoms with van der Waals surface area (Å²) in [4.78, 5) is 50.4. The number of nitrogens with one attached hydrogen (secondary N) is 2. The fourth-order valence-electron chi connectivity index (χ4n) is 5.39. The average Bonchev–Trinajstić information content (AvgIpc) is 3.03. The molecule has 0 spiro atoms. The quantitative estimate of drug-likeness (QED) is 0.128. The van der Waals surface area contributed by atoms with E-state index in [1.165, 1.54) is 24.3 Å². The van der Waals surface area contributed by atoms with Crippen molar-refractivity contribution in [3.63, 3.8) is 0 Å². The highest BCUT2D eigenvalue weighted by Crippen LogP contribution is 2.56. The molecule has 0 bridgehead atoms. The minimum Gasteiger partial charge on any atom is -0.478 e. The van der Waals surface area contributed by atoms with Crippen LogP contribution in [0.1, 0.15) is 72.0 Å². The second-order valence-electron chi connectivity index (χ2n) is 11.6. The van der Waals surface area contributed by atoms with Crippen molar-refractivity contribution in [1.29, 1.82) is 0 Å². The van der Waals surface area contributed by atoms with Crippen LogP contribution in [0, 0.1) is 0 Å². The topological polar surface area (TPSA) is 133 Å². The van der Waals surface area contributed by atoms with E-state index >= 15 is 26.3 Å². The van der Waals surface area contributed by atoms with E-state index in [0.29, 0.717) is 12.1 Å². The Morgan fingerprint density at radius 2 is 1.00 bits per heavy atom. The molecule has 0 atom stereocenters. The predicted octanol–water partition coefficient (Wildman–Crippen LogP) is 7.45. The first-order valence-corrected chi connectivity index (χ1v) is 14.4. The summed E-state index contributed by atoms with van der Waals surface area (Å²) in [6, 6.07) is 17.7. The zero-order valence-corrected chi connectivity index (χ0v) is 25.7. The van der Waals surface area contributed by atoms with Crippen LogP contribution < -0.4 is 10.6 Å². The van der Waals surface area contributed by atoms with Gasteiger partial charge in [0.25, 0.3) is 11.8 Å². The Bertz CT molecular complexity index is 1880. The van der Waals surface area contributed by atoms with Crippen molar-refractivity contribution in [2.24, 2.45) is 0 Å². The summed E-state index contributed by atoms with van der Waals surface area (Å²) in [6.45, 7) is 3.24. The first kappa shape index (κ1) is 36.2. The van der Waals surface area contributed by atoms with Gasteiger partial charge in [-0.2, -0.15) is 26.3 Å². The van der Waals surface area contributed by atoms with Crippen molar-refractivity contribution in [2.45, 2.75) is 37.0 Å². The normalized spacial score (nSPS) is 12.2. The second kappa shape index (κ2) is 13.5. The van der Waals surface area contributed by atoms with Crippen LogP contribution in [-0.2, 0) is 10.8 Å². The molecule has 4 aromatic carbocycles. The van der Waals surface area contributed by atoms with Crippen LogP contribution in [0.4, 0.5) is 32.0 Å². The van der Waals surface area contributed by atoms with Gasteiger partial charge in [0.15, 0.2) is 0 Å². The van der Waals surface area contributed by atoms with Gasteiger partial charge in [-0.3, -0.25) is 9.59 Å². The highest BCUT2D eigenvalue weighted by atomic mass is 19.4. The van der Waals surface area contributed by atoms with Crippen LogP contribution in [-0.4, -0.2) is 52.9 Å². The Kier molecular flexibility index (Phi) is 9.93. The number of carboxylic acids is 2. The number of rotatable bonds is 10. The molecule has 0 aromatic heterocycles. The van der Waals surface area contributed by atoms with E-state index < -0.39 is 80.3 Å². The number of para-hydroxylation sites is 1. The van der Waals surface area contributed by atoms with E-state index in [-0.39, 0.29) is 36.5 Å². The van der Waals surface area contributed by atoms with Crippen LogP contribution in [0.5, 0.6) is 0 Å². The lowest BCUT2D eigenvalue weighted by molar-refractivity contribution is -0.288. The molecule has 0 aliphatic rings. The summed E-state index contributed by atoms with van der Waals surface area (Å²) >= 11 is 0. The van der Waals surface area contributed by atoms with E-state index in [9.17, 15) is 29.4 Å². The number of amides is 2. The van der Waals surface area contributed by atoms with Crippen LogP contribution >= 0.6 is 0 Å². The molecular weight excluding hydrogens is 658 g/mol. The van der Waals surface area contributed by atoms with Gasteiger partial charge in [0.05, 0.1) is 22.3 Å². The predicted molar refractivity (Wildman–Crippen MR) is 166 cm³/mol. The molecule has 0 saturated carbocycles. The number of carbonyl (C=O) groups is 4. The SMILES string of the molecule is CC(C)(CNC(=O)c1cc(C(c2ccc(C(=O)O)c(C(=O)Nc3ccccc3)c2)(C(F)(F)F)C(F)(F)F)ccc1C(=O)O)c1ccccc1. The Labute approximate surface area is 275 Å². The minimum absolute atomic E-state index is 0.0718. The summed E-state index contributed by atoms with van der Waals surface area (Å²) in [5.74, 6) is -6.18. The van der Waals surface area contributed by atoms with E-state index in [1.54, 1.807) is 50.2 Å². The lowest BCUT2D eigenvalue weighted by atomic mass is 9.71. The monoisotopic (exact) mass is 686 g/mol. The van der Waals surface area contributed by atoms with Gasteiger partial charge in [-0.15, -0.1) is 0 Å². The maximum Gasteiger partial charge on any atom is 0.411 e.